The van der Waals surface area contributed by atoms with E-state index in [0.717, 1.165) is 18.4 Å². The number of nitrogens with two attached hydrogens (primary N) is 1. The van der Waals surface area contributed by atoms with Crippen LogP contribution in [0.2, 0.25) is 0 Å². The predicted octanol–water partition coefficient (Wildman–Crippen LogP) is 1.26. The van der Waals surface area contributed by atoms with Gasteiger partial charge < -0.3 is 10.5 Å². The lowest BCUT2D eigenvalue weighted by atomic mass is 10.3. The number of ether oxygens (including phenoxy) is 1. The zero-order chi connectivity index (χ0) is 9.31. The van der Waals surface area contributed by atoms with Crippen molar-refractivity contribution in [3.63, 3.8) is 0 Å². The molecule has 0 spiro atoms. The first kappa shape index (κ1) is 8.51. The topological polar surface area (TPSA) is 48.1 Å². The van der Waals surface area contributed by atoms with Crippen molar-refractivity contribution in [3.8, 4) is 5.88 Å². The van der Waals surface area contributed by atoms with Crippen molar-refractivity contribution in [2.75, 3.05) is 6.61 Å². The highest BCUT2D eigenvalue weighted by molar-refractivity contribution is 5.23. The fraction of sp³-hybridized carbons (Fsp3) is 0.500. The van der Waals surface area contributed by atoms with Crippen molar-refractivity contribution in [2.24, 2.45) is 5.73 Å². The van der Waals surface area contributed by atoms with Crippen LogP contribution in [0, 0.1) is 6.92 Å². The molecule has 1 aliphatic rings. The summed E-state index contributed by atoms with van der Waals surface area (Å²) in [6.45, 7) is 2.57. The van der Waals surface area contributed by atoms with E-state index < -0.39 is 0 Å². The summed E-state index contributed by atoms with van der Waals surface area (Å²) in [7, 11) is 0. The van der Waals surface area contributed by atoms with Gasteiger partial charge >= 0.3 is 0 Å². The molecule has 1 fully saturated rings. The normalized spacial score (nSPS) is 18.3. The van der Waals surface area contributed by atoms with Gasteiger partial charge in [-0.15, -0.1) is 0 Å². The minimum absolute atomic E-state index is 0.0655. The van der Waals surface area contributed by atoms with Crippen LogP contribution >= 0.6 is 0 Å². The maximum absolute atomic E-state index is 5.89. The van der Waals surface area contributed by atoms with Crippen LogP contribution in [0.25, 0.3) is 0 Å². The van der Waals surface area contributed by atoms with Gasteiger partial charge in [0.25, 0.3) is 0 Å². The molecular weight excluding hydrogens is 164 g/mol. The molecular formula is C10H14N2O. The summed E-state index contributed by atoms with van der Waals surface area (Å²) < 4.78 is 5.53. The molecule has 0 saturated heterocycles. The van der Waals surface area contributed by atoms with Crippen LogP contribution in [-0.2, 0) is 0 Å². The summed E-state index contributed by atoms with van der Waals surface area (Å²) in [4.78, 5) is 4.13. The van der Waals surface area contributed by atoms with E-state index in [1.807, 2.05) is 19.1 Å². The SMILES string of the molecule is Cc1cccnc1OCC1(N)CC1. The molecule has 2 rings (SSSR count). The summed E-state index contributed by atoms with van der Waals surface area (Å²) in [6, 6.07) is 3.88. The lowest BCUT2D eigenvalue weighted by molar-refractivity contribution is 0.267. The molecule has 1 aromatic heterocycles. The van der Waals surface area contributed by atoms with Gasteiger partial charge in [0.1, 0.15) is 6.61 Å². The fourth-order valence-corrected chi connectivity index (χ4v) is 1.14. The Hall–Kier alpha value is -1.09. The van der Waals surface area contributed by atoms with Crippen molar-refractivity contribution in [3.05, 3.63) is 23.9 Å². The highest BCUT2D eigenvalue weighted by Crippen LogP contribution is 2.32. The standard InChI is InChI=1S/C10H14N2O/c1-8-3-2-6-12-9(8)13-7-10(11)4-5-10/h2-3,6H,4-5,7,11H2,1H3. The predicted molar refractivity (Wildman–Crippen MR) is 50.6 cm³/mol. The quantitative estimate of drug-likeness (QED) is 0.758. The average Bonchev–Trinajstić information content (AvgIpc) is 2.83. The molecule has 0 unspecified atom stereocenters. The Kier molecular flexibility index (Phi) is 1.96. The van der Waals surface area contributed by atoms with Crippen LogP contribution in [0.3, 0.4) is 0 Å². The van der Waals surface area contributed by atoms with Crippen molar-refractivity contribution in [1.29, 1.82) is 0 Å². The second-order valence-electron chi connectivity index (χ2n) is 3.78. The van der Waals surface area contributed by atoms with Crippen LogP contribution < -0.4 is 10.5 Å². The number of aromatic nitrogens is 1. The maximum Gasteiger partial charge on any atom is 0.216 e. The zero-order valence-electron chi connectivity index (χ0n) is 7.79. The highest BCUT2D eigenvalue weighted by Gasteiger charge is 2.39. The Bertz CT molecular complexity index is 308. The lowest BCUT2D eigenvalue weighted by Gasteiger charge is -2.11. The fourth-order valence-electron chi connectivity index (χ4n) is 1.14. The van der Waals surface area contributed by atoms with Crippen LogP contribution in [0.15, 0.2) is 18.3 Å². The molecule has 70 valence electrons. The molecule has 0 amide bonds. The Balaban J connectivity index is 1.97. The molecule has 1 aliphatic carbocycles. The summed E-state index contributed by atoms with van der Waals surface area (Å²) in [5.74, 6) is 0.708. The van der Waals surface area contributed by atoms with Crippen LogP contribution in [-0.4, -0.2) is 17.1 Å². The van der Waals surface area contributed by atoms with Gasteiger partial charge in [0.2, 0.25) is 5.88 Å². The van der Waals surface area contributed by atoms with E-state index in [4.69, 9.17) is 10.5 Å². The summed E-state index contributed by atoms with van der Waals surface area (Å²) in [5.41, 5.74) is 6.89. The van der Waals surface area contributed by atoms with E-state index in [0.29, 0.717) is 12.5 Å². The lowest BCUT2D eigenvalue weighted by Crippen LogP contribution is -2.30. The zero-order valence-corrected chi connectivity index (χ0v) is 7.79. The molecule has 0 aromatic carbocycles. The maximum atomic E-state index is 5.89. The van der Waals surface area contributed by atoms with E-state index in [9.17, 15) is 0 Å². The van der Waals surface area contributed by atoms with E-state index in [1.54, 1.807) is 6.20 Å². The number of pyridine rings is 1. The second kappa shape index (κ2) is 3.00. The molecule has 1 saturated carbocycles. The van der Waals surface area contributed by atoms with Crippen LogP contribution in [0.5, 0.6) is 5.88 Å². The van der Waals surface area contributed by atoms with E-state index >= 15 is 0 Å². The molecule has 3 nitrogen and oxygen atoms in total. The average molecular weight is 178 g/mol. The molecule has 13 heavy (non-hydrogen) atoms. The first-order valence-electron chi connectivity index (χ1n) is 4.53. The molecule has 0 radical (unpaired) electrons. The number of aryl methyl sites for hydroxylation is 1. The summed E-state index contributed by atoms with van der Waals surface area (Å²) in [6.07, 6.45) is 3.87. The number of rotatable bonds is 3. The van der Waals surface area contributed by atoms with E-state index in [1.165, 1.54) is 0 Å². The highest BCUT2D eigenvalue weighted by atomic mass is 16.5. The van der Waals surface area contributed by atoms with Crippen molar-refractivity contribution < 1.29 is 4.74 Å². The molecule has 1 aromatic rings. The third-order valence-corrected chi connectivity index (χ3v) is 2.35. The van der Waals surface area contributed by atoms with Crippen molar-refractivity contribution >= 4 is 0 Å². The number of nitrogens with zero attached hydrogens (tertiary/aromatic N) is 1. The van der Waals surface area contributed by atoms with Gasteiger partial charge in [-0.3, -0.25) is 0 Å². The number of hydrogen-bond acceptors (Lipinski definition) is 3. The minimum atomic E-state index is -0.0655. The Morgan fingerprint density at radius 2 is 2.38 bits per heavy atom. The van der Waals surface area contributed by atoms with Gasteiger partial charge in [0, 0.05) is 11.8 Å². The van der Waals surface area contributed by atoms with Crippen LogP contribution in [0.4, 0.5) is 0 Å². The van der Waals surface area contributed by atoms with Crippen LogP contribution in [0.1, 0.15) is 18.4 Å². The molecule has 1 heterocycles. The molecule has 0 bridgehead atoms. The summed E-state index contributed by atoms with van der Waals surface area (Å²) in [5, 5.41) is 0. The molecule has 0 atom stereocenters. The third-order valence-electron chi connectivity index (χ3n) is 2.35. The van der Waals surface area contributed by atoms with Gasteiger partial charge in [0.05, 0.1) is 5.54 Å². The Morgan fingerprint density at radius 3 is 3.00 bits per heavy atom. The second-order valence-corrected chi connectivity index (χ2v) is 3.78. The van der Waals surface area contributed by atoms with Gasteiger partial charge in [-0.25, -0.2) is 4.98 Å². The van der Waals surface area contributed by atoms with Gasteiger partial charge in [-0.1, -0.05) is 6.07 Å². The minimum Gasteiger partial charge on any atom is -0.476 e. The molecule has 0 aliphatic heterocycles. The van der Waals surface area contributed by atoms with E-state index in [2.05, 4.69) is 4.98 Å². The Morgan fingerprint density at radius 1 is 1.62 bits per heavy atom. The first-order valence-corrected chi connectivity index (χ1v) is 4.53. The largest absolute Gasteiger partial charge is 0.476 e. The number of hydrogen-bond donors (Lipinski definition) is 1. The van der Waals surface area contributed by atoms with Crippen molar-refractivity contribution in [1.82, 2.24) is 4.98 Å². The third kappa shape index (κ3) is 1.98. The van der Waals surface area contributed by atoms with Gasteiger partial charge in [-0.2, -0.15) is 0 Å². The monoisotopic (exact) mass is 178 g/mol. The Labute approximate surface area is 77.9 Å². The first-order chi connectivity index (χ1) is 6.20. The molecule has 3 heteroatoms. The smallest absolute Gasteiger partial charge is 0.216 e. The molecule has 2 N–H and O–H groups in total. The van der Waals surface area contributed by atoms with E-state index in [-0.39, 0.29) is 5.54 Å². The van der Waals surface area contributed by atoms with Gasteiger partial charge in [-0.05, 0) is 25.8 Å². The van der Waals surface area contributed by atoms with Gasteiger partial charge in [0.15, 0.2) is 0 Å². The summed E-state index contributed by atoms with van der Waals surface area (Å²) >= 11 is 0. The van der Waals surface area contributed by atoms with Crippen molar-refractivity contribution in [2.45, 2.75) is 25.3 Å².